The quantitative estimate of drug-likeness (QED) is 0.757. The van der Waals surface area contributed by atoms with Gasteiger partial charge >= 0.3 is 0 Å². The molecule has 0 spiro atoms. The van der Waals surface area contributed by atoms with Crippen LogP contribution in [0, 0.1) is 0 Å². The molecule has 4 heteroatoms. The topological polar surface area (TPSA) is 24.1 Å². The summed E-state index contributed by atoms with van der Waals surface area (Å²) < 4.78 is 0. The molecule has 16 heavy (non-hydrogen) atoms. The summed E-state index contributed by atoms with van der Waals surface area (Å²) in [5.41, 5.74) is 0. The minimum Gasteiger partial charge on any atom is -0.335 e. The van der Waals surface area contributed by atoms with Crippen LogP contribution >= 0.6 is 0 Å². The molecule has 2 N–H and O–H groups in total. The van der Waals surface area contributed by atoms with E-state index in [2.05, 4.69) is 49.2 Å². The average molecular weight is 259 g/mol. The Hall–Kier alpha value is 0.354. The number of nitrogens with one attached hydrogen (secondary N) is 2. The maximum absolute atomic E-state index is 3.86. The molecule has 1 aliphatic carbocycles. The van der Waals surface area contributed by atoms with Gasteiger partial charge in [0.2, 0.25) is 0 Å². The first-order valence-corrected chi connectivity index (χ1v) is 13.7. The van der Waals surface area contributed by atoms with Crippen LogP contribution in [0.1, 0.15) is 25.7 Å². The van der Waals surface area contributed by atoms with Crippen LogP contribution in [-0.2, 0) is 0 Å². The summed E-state index contributed by atoms with van der Waals surface area (Å²) in [4.78, 5) is 7.73. The van der Waals surface area contributed by atoms with Crippen LogP contribution in [0.4, 0.5) is 0 Å². The molecule has 1 fully saturated rings. The summed E-state index contributed by atoms with van der Waals surface area (Å²) in [5.74, 6) is 0. The van der Waals surface area contributed by atoms with Crippen molar-refractivity contribution in [2.45, 2.75) is 77.0 Å². The molecule has 0 unspecified atom stereocenters. The van der Waals surface area contributed by atoms with E-state index in [0.29, 0.717) is 0 Å². The molecule has 1 rings (SSSR count). The molecule has 0 aliphatic heterocycles. The summed E-state index contributed by atoms with van der Waals surface area (Å²) >= 11 is 0. The smallest absolute Gasteiger partial charge is 0.116 e. The molecule has 0 aromatic heterocycles. The lowest BCUT2D eigenvalue weighted by Gasteiger charge is -2.36. The predicted octanol–water partition coefficient (Wildman–Crippen LogP) is 3.15. The number of hydrogen-bond acceptors (Lipinski definition) is 2. The van der Waals surface area contributed by atoms with Gasteiger partial charge in [-0.3, -0.25) is 0 Å². The Balaban J connectivity index is 2.29. The van der Waals surface area contributed by atoms with Crippen molar-refractivity contribution in [1.29, 1.82) is 0 Å². The first kappa shape index (κ1) is 14.4. The van der Waals surface area contributed by atoms with E-state index in [1.807, 2.05) is 0 Å². The van der Waals surface area contributed by atoms with Crippen molar-refractivity contribution in [3.8, 4) is 0 Å². The summed E-state index contributed by atoms with van der Waals surface area (Å²) in [5, 5.41) is 0. The maximum Gasteiger partial charge on any atom is 0.116 e. The molecule has 1 aliphatic rings. The molecule has 2 nitrogen and oxygen atoms in total. The Morgan fingerprint density at radius 1 is 0.625 bits per heavy atom. The van der Waals surface area contributed by atoms with Crippen molar-refractivity contribution >= 4 is 16.5 Å². The second kappa shape index (κ2) is 5.33. The fourth-order valence-corrected chi connectivity index (χ4v) is 5.63. The van der Waals surface area contributed by atoms with E-state index in [0.717, 1.165) is 12.1 Å². The van der Waals surface area contributed by atoms with Gasteiger partial charge in [0.05, 0.1) is 0 Å². The molecule has 0 saturated heterocycles. The highest BCUT2D eigenvalue weighted by Gasteiger charge is 2.27. The van der Waals surface area contributed by atoms with E-state index >= 15 is 0 Å². The lowest BCUT2D eigenvalue weighted by molar-refractivity contribution is 0.356. The second-order valence-electron chi connectivity index (χ2n) is 7.34. The van der Waals surface area contributed by atoms with Crippen molar-refractivity contribution in [2.24, 2.45) is 0 Å². The molecule has 0 aromatic carbocycles. The maximum atomic E-state index is 3.86. The zero-order valence-electron chi connectivity index (χ0n) is 12.0. The van der Waals surface area contributed by atoms with Crippen LogP contribution in [0.5, 0.6) is 0 Å². The van der Waals surface area contributed by atoms with Gasteiger partial charge in [-0.15, -0.1) is 0 Å². The minimum absolute atomic E-state index is 0.798. The van der Waals surface area contributed by atoms with Gasteiger partial charge in [-0.2, -0.15) is 0 Å². The van der Waals surface area contributed by atoms with Crippen molar-refractivity contribution in [2.75, 3.05) is 0 Å². The van der Waals surface area contributed by atoms with E-state index in [1.165, 1.54) is 25.7 Å². The van der Waals surface area contributed by atoms with Gasteiger partial charge in [0.1, 0.15) is 16.5 Å². The van der Waals surface area contributed by atoms with Crippen molar-refractivity contribution in [3.05, 3.63) is 0 Å². The van der Waals surface area contributed by atoms with Gasteiger partial charge in [0, 0.05) is 12.1 Å². The van der Waals surface area contributed by atoms with Gasteiger partial charge in [-0.25, -0.2) is 0 Å². The third-order valence-corrected chi connectivity index (χ3v) is 5.55. The first-order valence-electron chi connectivity index (χ1n) is 6.71. The zero-order chi connectivity index (χ0) is 12.4. The van der Waals surface area contributed by atoms with Crippen LogP contribution < -0.4 is 9.96 Å². The highest BCUT2D eigenvalue weighted by molar-refractivity contribution is 6.74. The molecule has 0 heterocycles. The fraction of sp³-hybridized carbons (Fsp3) is 1.00. The summed E-state index contributed by atoms with van der Waals surface area (Å²) in [6.07, 6.45) is 5.47. The highest BCUT2D eigenvalue weighted by Crippen LogP contribution is 2.21. The molecule has 1 saturated carbocycles. The molecular weight excluding hydrogens is 228 g/mol. The Bertz CT molecular complexity index is 186. The third kappa shape index (κ3) is 6.18. The standard InChI is InChI=1S/C12H30N2Si2/c1-15(2,3)13-11-7-9-12(10-8-11)14-16(4,5)6/h11-14H,7-10H2,1-6H3. The van der Waals surface area contributed by atoms with E-state index in [4.69, 9.17) is 0 Å². The fourth-order valence-electron chi connectivity index (χ4n) is 2.61. The van der Waals surface area contributed by atoms with Crippen LogP contribution in [0.25, 0.3) is 0 Å². The van der Waals surface area contributed by atoms with Crippen molar-refractivity contribution in [1.82, 2.24) is 9.96 Å². The Kier molecular flexibility index (Phi) is 4.81. The molecule has 0 radical (unpaired) electrons. The molecular formula is C12H30N2Si2. The van der Waals surface area contributed by atoms with Crippen molar-refractivity contribution in [3.63, 3.8) is 0 Å². The van der Waals surface area contributed by atoms with E-state index in [1.54, 1.807) is 0 Å². The Labute approximate surface area is 104 Å². The molecule has 96 valence electrons. The summed E-state index contributed by atoms with van der Waals surface area (Å²) in [7, 11) is -2.15. The van der Waals surface area contributed by atoms with Gasteiger partial charge < -0.3 is 9.96 Å². The van der Waals surface area contributed by atoms with Crippen molar-refractivity contribution < 1.29 is 0 Å². The first-order chi connectivity index (χ1) is 7.16. The molecule has 0 bridgehead atoms. The van der Waals surface area contributed by atoms with Gasteiger partial charge in [0.15, 0.2) is 0 Å². The normalized spacial score (nSPS) is 28.1. The lowest BCUT2D eigenvalue weighted by atomic mass is 9.92. The van der Waals surface area contributed by atoms with Crippen LogP contribution in [0.15, 0.2) is 0 Å². The van der Waals surface area contributed by atoms with Crippen LogP contribution in [-0.4, -0.2) is 28.6 Å². The highest BCUT2D eigenvalue weighted by atomic mass is 28.3. The summed E-state index contributed by atoms with van der Waals surface area (Å²) in [6, 6.07) is 1.60. The zero-order valence-corrected chi connectivity index (χ0v) is 14.0. The molecule has 0 amide bonds. The number of rotatable bonds is 4. The SMILES string of the molecule is C[Si](C)(C)NC1CCC(N[Si](C)(C)C)CC1. The van der Waals surface area contributed by atoms with Gasteiger partial charge in [0.25, 0.3) is 0 Å². The second-order valence-corrected chi connectivity index (χ2v) is 16.9. The largest absolute Gasteiger partial charge is 0.335 e. The number of hydrogen-bond donors (Lipinski definition) is 2. The predicted molar refractivity (Wildman–Crippen MR) is 79.0 cm³/mol. The molecule has 0 atom stereocenters. The Morgan fingerprint density at radius 2 is 0.875 bits per heavy atom. The van der Waals surface area contributed by atoms with Gasteiger partial charge in [-0.1, -0.05) is 39.3 Å². The monoisotopic (exact) mass is 258 g/mol. The van der Waals surface area contributed by atoms with Crippen LogP contribution in [0.2, 0.25) is 39.3 Å². The van der Waals surface area contributed by atoms with Crippen LogP contribution in [0.3, 0.4) is 0 Å². The third-order valence-electron chi connectivity index (χ3n) is 3.00. The van der Waals surface area contributed by atoms with E-state index < -0.39 is 16.5 Å². The Morgan fingerprint density at radius 3 is 1.06 bits per heavy atom. The van der Waals surface area contributed by atoms with Gasteiger partial charge in [-0.05, 0) is 25.7 Å². The summed E-state index contributed by atoms with van der Waals surface area (Å²) in [6.45, 7) is 14.4. The molecule has 0 aromatic rings. The van der Waals surface area contributed by atoms with E-state index in [9.17, 15) is 0 Å². The lowest BCUT2D eigenvalue weighted by Crippen LogP contribution is -2.53. The van der Waals surface area contributed by atoms with E-state index in [-0.39, 0.29) is 0 Å². The minimum atomic E-state index is -1.08. The average Bonchev–Trinajstić information content (AvgIpc) is 2.03.